The molecule has 1 unspecified atom stereocenters. The smallest absolute Gasteiger partial charge is 0.277 e. The summed E-state index contributed by atoms with van der Waals surface area (Å²) in [5.74, 6) is 0. The monoisotopic (exact) mass is 548 g/mol. The second-order valence-electron chi connectivity index (χ2n) is 8.22. The SMILES string of the molecule is CN(C)C1CCc2c(N(S(=O)(=O)c3ccccc3)S(=O)(=O)c3ccccc3)ccc(Br)c2C1. The van der Waals surface area contributed by atoms with Gasteiger partial charge in [0.2, 0.25) is 0 Å². The topological polar surface area (TPSA) is 74.8 Å². The highest BCUT2D eigenvalue weighted by molar-refractivity contribution is 9.10. The van der Waals surface area contributed by atoms with Crippen molar-refractivity contribution in [2.45, 2.75) is 35.1 Å². The van der Waals surface area contributed by atoms with E-state index in [-0.39, 0.29) is 21.5 Å². The molecule has 9 heteroatoms. The first-order valence-electron chi connectivity index (χ1n) is 10.5. The lowest BCUT2D eigenvalue weighted by Gasteiger charge is -2.34. The zero-order chi connectivity index (χ0) is 23.8. The van der Waals surface area contributed by atoms with Gasteiger partial charge < -0.3 is 4.90 Å². The van der Waals surface area contributed by atoms with Crippen LogP contribution in [-0.2, 0) is 32.9 Å². The summed E-state index contributed by atoms with van der Waals surface area (Å²) in [7, 11) is -4.81. The quantitative estimate of drug-likeness (QED) is 0.454. The number of benzene rings is 3. The summed E-state index contributed by atoms with van der Waals surface area (Å²) in [6.07, 6.45) is 2.06. The van der Waals surface area contributed by atoms with Gasteiger partial charge in [-0.2, -0.15) is 3.71 Å². The van der Waals surface area contributed by atoms with Crippen LogP contribution in [0.2, 0.25) is 0 Å². The van der Waals surface area contributed by atoms with E-state index < -0.39 is 20.0 Å². The van der Waals surface area contributed by atoms with Crippen molar-refractivity contribution in [1.82, 2.24) is 4.90 Å². The van der Waals surface area contributed by atoms with Gasteiger partial charge in [-0.3, -0.25) is 0 Å². The number of sulfonamides is 2. The highest BCUT2D eigenvalue weighted by Gasteiger charge is 2.39. The third-order valence-corrected chi connectivity index (χ3v) is 10.9. The van der Waals surface area contributed by atoms with Gasteiger partial charge in [0.1, 0.15) is 0 Å². The Morgan fingerprint density at radius 1 is 0.758 bits per heavy atom. The molecule has 0 radical (unpaired) electrons. The Balaban J connectivity index is 1.98. The summed E-state index contributed by atoms with van der Waals surface area (Å²) < 4.78 is 56.8. The summed E-state index contributed by atoms with van der Waals surface area (Å²) in [4.78, 5) is 1.98. The van der Waals surface area contributed by atoms with Crippen LogP contribution in [0.5, 0.6) is 0 Å². The fraction of sp³-hybridized carbons (Fsp3) is 0.250. The highest BCUT2D eigenvalue weighted by Crippen LogP contribution is 2.40. The highest BCUT2D eigenvalue weighted by atomic mass is 79.9. The summed E-state index contributed by atoms with van der Waals surface area (Å²) >= 11 is 3.60. The van der Waals surface area contributed by atoms with Crippen molar-refractivity contribution in [3.63, 3.8) is 0 Å². The number of hydrogen-bond acceptors (Lipinski definition) is 5. The minimum absolute atomic E-state index is 0.0804. The van der Waals surface area contributed by atoms with E-state index in [1.54, 1.807) is 48.5 Å². The van der Waals surface area contributed by atoms with E-state index >= 15 is 0 Å². The summed E-state index contributed by atoms with van der Waals surface area (Å²) in [6, 6.07) is 19.0. The second kappa shape index (κ2) is 9.21. The Morgan fingerprint density at radius 3 is 1.76 bits per heavy atom. The zero-order valence-corrected chi connectivity index (χ0v) is 21.6. The predicted molar refractivity (Wildman–Crippen MR) is 133 cm³/mol. The van der Waals surface area contributed by atoms with Gasteiger partial charge in [0, 0.05) is 10.5 Å². The van der Waals surface area contributed by atoms with Gasteiger partial charge in [0.15, 0.2) is 0 Å². The first kappa shape index (κ1) is 23.9. The van der Waals surface area contributed by atoms with Gasteiger partial charge in [-0.15, -0.1) is 0 Å². The molecular formula is C24H25BrN2O4S2. The van der Waals surface area contributed by atoms with E-state index in [1.807, 2.05) is 14.1 Å². The lowest BCUT2D eigenvalue weighted by Crippen LogP contribution is -2.39. The van der Waals surface area contributed by atoms with E-state index in [0.29, 0.717) is 16.6 Å². The number of fused-ring (bicyclic) bond motifs is 1. The Morgan fingerprint density at radius 2 is 1.27 bits per heavy atom. The van der Waals surface area contributed by atoms with E-state index in [1.165, 1.54) is 24.3 Å². The van der Waals surface area contributed by atoms with Crippen LogP contribution >= 0.6 is 15.9 Å². The van der Waals surface area contributed by atoms with Crippen LogP contribution < -0.4 is 3.71 Å². The van der Waals surface area contributed by atoms with Crippen molar-refractivity contribution in [3.05, 3.63) is 88.4 Å². The maximum absolute atomic E-state index is 13.8. The van der Waals surface area contributed by atoms with Crippen molar-refractivity contribution < 1.29 is 16.8 Å². The lowest BCUT2D eigenvalue weighted by molar-refractivity contribution is 0.268. The Hall–Kier alpha value is -2.20. The fourth-order valence-corrected chi connectivity index (χ4v) is 8.50. The standard InChI is InChI=1S/C24H25BrN2O4S2/c1-26(2)18-13-14-21-22(17-18)23(25)15-16-24(21)27(32(28,29)19-9-5-3-6-10-19)33(30,31)20-11-7-4-8-12-20/h3-12,15-16,18H,13-14,17H2,1-2H3. The molecule has 3 aromatic rings. The van der Waals surface area contributed by atoms with E-state index in [0.717, 1.165) is 22.0 Å². The number of likely N-dealkylation sites (N-methyl/N-ethyl adjacent to an activating group) is 1. The van der Waals surface area contributed by atoms with Crippen LogP contribution in [0.25, 0.3) is 0 Å². The molecule has 0 heterocycles. The first-order valence-corrected chi connectivity index (χ1v) is 14.2. The molecule has 1 aliphatic rings. The third kappa shape index (κ3) is 4.47. The van der Waals surface area contributed by atoms with Crippen LogP contribution in [0.1, 0.15) is 17.5 Å². The van der Waals surface area contributed by atoms with Crippen molar-refractivity contribution in [2.75, 3.05) is 17.8 Å². The van der Waals surface area contributed by atoms with E-state index in [9.17, 15) is 16.8 Å². The molecule has 3 aromatic carbocycles. The molecule has 0 saturated heterocycles. The average Bonchev–Trinajstić information content (AvgIpc) is 2.81. The molecule has 1 aliphatic carbocycles. The van der Waals surface area contributed by atoms with E-state index in [2.05, 4.69) is 20.8 Å². The summed E-state index contributed by atoms with van der Waals surface area (Å²) in [6.45, 7) is 0. The van der Waals surface area contributed by atoms with Gasteiger partial charge >= 0.3 is 0 Å². The molecule has 6 nitrogen and oxygen atoms in total. The molecule has 0 aromatic heterocycles. The maximum atomic E-state index is 13.8. The van der Waals surface area contributed by atoms with E-state index in [4.69, 9.17) is 0 Å². The van der Waals surface area contributed by atoms with Gasteiger partial charge in [-0.25, -0.2) is 16.8 Å². The molecule has 0 saturated carbocycles. The van der Waals surface area contributed by atoms with Crippen molar-refractivity contribution in [3.8, 4) is 0 Å². The van der Waals surface area contributed by atoms with Crippen LogP contribution in [0.4, 0.5) is 5.69 Å². The van der Waals surface area contributed by atoms with Crippen LogP contribution in [0.3, 0.4) is 0 Å². The number of halogens is 1. The molecule has 1 atom stereocenters. The first-order chi connectivity index (χ1) is 15.6. The van der Waals surface area contributed by atoms with Crippen molar-refractivity contribution >= 4 is 41.7 Å². The molecule has 0 fully saturated rings. The predicted octanol–water partition coefficient (Wildman–Crippen LogP) is 4.45. The van der Waals surface area contributed by atoms with Gasteiger partial charge in [-0.05, 0) is 80.9 Å². The maximum Gasteiger partial charge on any atom is 0.277 e. The summed E-state index contributed by atoms with van der Waals surface area (Å²) in [5.41, 5.74) is 1.86. The number of rotatable bonds is 6. The molecule has 4 rings (SSSR count). The fourth-order valence-electron chi connectivity index (χ4n) is 4.18. The molecule has 0 bridgehead atoms. The second-order valence-corrected chi connectivity index (χ2v) is 12.9. The molecular weight excluding hydrogens is 524 g/mol. The van der Waals surface area contributed by atoms with Gasteiger partial charge in [0.25, 0.3) is 20.0 Å². The molecule has 33 heavy (non-hydrogen) atoms. The summed E-state index contributed by atoms with van der Waals surface area (Å²) in [5, 5.41) is 0. The number of nitrogens with zero attached hydrogens (tertiary/aromatic N) is 2. The lowest BCUT2D eigenvalue weighted by atomic mass is 9.87. The molecule has 0 amide bonds. The van der Waals surface area contributed by atoms with Crippen molar-refractivity contribution in [1.29, 1.82) is 0 Å². The van der Waals surface area contributed by atoms with Gasteiger partial charge in [-0.1, -0.05) is 52.3 Å². The van der Waals surface area contributed by atoms with Crippen LogP contribution in [-0.4, -0.2) is 41.9 Å². The number of hydrogen-bond donors (Lipinski definition) is 0. The zero-order valence-electron chi connectivity index (χ0n) is 18.3. The molecule has 0 spiro atoms. The third-order valence-electron chi connectivity index (χ3n) is 5.96. The molecule has 0 aliphatic heterocycles. The Labute approximate surface area is 204 Å². The minimum atomic E-state index is -4.42. The minimum Gasteiger partial charge on any atom is -0.306 e. The largest absolute Gasteiger partial charge is 0.306 e. The normalized spacial score (nSPS) is 16.4. The molecule has 174 valence electrons. The Bertz CT molecular complexity index is 1290. The van der Waals surface area contributed by atoms with Crippen LogP contribution in [0.15, 0.2) is 87.1 Å². The average molecular weight is 550 g/mol. The molecule has 0 N–H and O–H groups in total. The Kier molecular flexibility index (Phi) is 6.68. The number of anilines is 1. The van der Waals surface area contributed by atoms with Gasteiger partial charge in [0.05, 0.1) is 15.5 Å². The van der Waals surface area contributed by atoms with Crippen LogP contribution in [0, 0.1) is 0 Å². The van der Waals surface area contributed by atoms with Crippen molar-refractivity contribution in [2.24, 2.45) is 0 Å².